The van der Waals surface area contributed by atoms with Crippen molar-refractivity contribution >= 4 is 22.9 Å². The number of fused-ring (bicyclic) bond motifs is 1. The Labute approximate surface area is 175 Å². The molecular weight excluding hydrogens is 380 g/mol. The van der Waals surface area contributed by atoms with Gasteiger partial charge in [-0.1, -0.05) is 30.3 Å². The third-order valence-electron chi connectivity index (χ3n) is 4.53. The fourth-order valence-electron chi connectivity index (χ4n) is 3.13. The summed E-state index contributed by atoms with van der Waals surface area (Å²) in [5.74, 6) is 0.529. The van der Waals surface area contributed by atoms with E-state index in [0.29, 0.717) is 41.2 Å². The van der Waals surface area contributed by atoms with Crippen LogP contribution in [0.1, 0.15) is 28.4 Å². The standard InChI is InChI=1S/C24H24N2O4/c1-4-8-19-11-16(12-22(23(19)27)30-5-2)15-25-26-24(28)20-13-17-9-6-7-10-18(17)14-21(20)29-3/h4,6-7,9-15,27H,1,5,8H2,2-3H3,(H,26,28). The molecular formula is C24H24N2O4. The SMILES string of the molecule is C=CCc1cc(C=NNC(=O)c2cc3ccccc3cc2OC)cc(OCC)c1O. The lowest BCUT2D eigenvalue weighted by Crippen LogP contribution is -2.18. The first-order valence-corrected chi connectivity index (χ1v) is 9.57. The number of aromatic hydroxyl groups is 1. The van der Waals surface area contributed by atoms with Crippen LogP contribution in [0.3, 0.4) is 0 Å². The van der Waals surface area contributed by atoms with Gasteiger partial charge in [0.2, 0.25) is 0 Å². The van der Waals surface area contributed by atoms with E-state index >= 15 is 0 Å². The Balaban J connectivity index is 1.83. The quantitative estimate of drug-likeness (QED) is 0.330. The number of rotatable bonds is 8. The molecule has 30 heavy (non-hydrogen) atoms. The van der Waals surface area contributed by atoms with Gasteiger partial charge in [-0.15, -0.1) is 6.58 Å². The Morgan fingerprint density at radius 2 is 1.90 bits per heavy atom. The van der Waals surface area contributed by atoms with E-state index in [1.807, 2.05) is 37.3 Å². The summed E-state index contributed by atoms with van der Waals surface area (Å²) in [5, 5.41) is 16.3. The van der Waals surface area contributed by atoms with E-state index in [9.17, 15) is 9.90 Å². The van der Waals surface area contributed by atoms with Gasteiger partial charge in [-0.25, -0.2) is 5.43 Å². The fourth-order valence-corrected chi connectivity index (χ4v) is 3.13. The van der Waals surface area contributed by atoms with E-state index in [0.717, 1.165) is 10.8 Å². The van der Waals surface area contributed by atoms with E-state index in [1.54, 1.807) is 24.3 Å². The lowest BCUT2D eigenvalue weighted by atomic mass is 10.1. The van der Waals surface area contributed by atoms with Crippen LogP contribution in [0.5, 0.6) is 17.2 Å². The highest BCUT2D eigenvalue weighted by Gasteiger charge is 2.13. The van der Waals surface area contributed by atoms with E-state index in [-0.39, 0.29) is 11.7 Å². The number of hydrogen-bond acceptors (Lipinski definition) is 5. The predicted octanol–water partition coefficient (Wildman–Crippen LogP) is 4.45. The Bertz CT molecular complexity index is 1110. The minimum atomic E-state index is -0.385. The molecule has 0 heterocycles. The third kappa shape index (κ3) is 4.60. The van der Waals surface area contributed by atoms with Gasteiger partial charge in [-0.05, 0) is 53.9 Å². The molecule has 6 nitrogen and oxygen atoms in total. The number of nitrogens with one attached hydrogen (secondary N) is 1. The van der Waals surface area contributed by atoms with Crippen molar-refractivity contribution in [3.8, 4) is 17.2 Å². The predicted molar refractivity (Wildman–Crippen MR) is 119 cm³/mol. The number of methoxy groups -OCH3 is 1. The maximum atomic E-state index is 12.7. The van der Waals surface area contributed by atoms with E-state index in [4.69, 9.17) is 9.47 Å². The fraction of sp³-hybridized carbons (Fsp3) is 0.167. The smallest absolute Gasteiger partial charge is 0.275 e. The largest absolute Gasteiger partial charge is 0.504 e. The van der Waals surface area contributed by atoms with Gasteiger partial charge < -0.3 is 14.6 Å². The van der Waals surface area contributed by atoms with Crippen LogP contribution in [0, 0.1) is 0 Å². The first-order valence-electron chi connectivity index (χ1n) is 9.57. The number of amides is 1. The Morgan fingerprint density at radius 1 is 1.17 bits per heavy atom. The summed E-state index contributed by atoms with van der Waals surface area (Å²) in [5.41, 5.74) is 4.27. The zero-order chi connectivity index (χ0) is 21.5. The zero-order valence-electron chi connectivity index (χ0n) is 17.0. The molecule has 3 rings (SSSR count). The number of ether oxygens (including phenoxy) is 2. The van der Waals surface area contributed by atoms with Crippen molar-refractivity contribution in [2.45, 2.75) is 13.3 Å². The van der Waals surface area contributed by atoms with Crippen LogP contribution < -0.4 is 14.9 Å². The number of phenols is 1. The lowest BCUT2D eigenvalue weighted by Gasteiger charge is -2.11. The molecule has 0 radical (unpaired) electrons. The van der Waals surface area contributed by atoms with E-state index in [1.165, 1.54) is 13.3 Å². The molecule has 0 saturated carbocycles. The second-order valence-corrected chi connectivity index (χ2v) is 6.55. The average Bonchev–Trinajstić information content (AvgIpc) is 2.76. The molecule has 6 heteroatoms. The molecule has 0 saturated heterocycles. The third-order valence-corrected chi connectivity index (χ3v) is 4.53. The minimum absolute atomic E-state index is 0.0823. The zero-order valence-corrected chi connectivity index (χ0v) is 17.0. The van der Waals surface area contributed by atoms with Crippen molar-refractivity contribution in [2.75, 3.05) is 13.7 Å². The molecule has 3 aromatic carbocycles. The molecule has 0 aliphatic heterocycles. The number of phenolic OH excluding ortho intramolecular Hbond substituents is 1. The molecule has 2 N–H and O–H groups in total. The maximum Gasteiger partial charge on any atom is 0.275 e. The number of carbonyl (C=O) groups excluding carboxylic acids is 1. The summed E-state index contributed by atoms with van der Waals surface area (Å²) in [6.45, 7) is 5.96. The monoisotopic (exact) mass is 404 g/mol. The molecule has 0 bridgehead atoms. The first kappa shape index (κ1) is 20.9. The van der Waals surface area contributed by atoms with Crippen LogP contribution in [0.4, 0.5) is 0 Å². The number of benzene rings is 3. The van der Waals surface area contributed by atoms with Gasteiger partial charge in [0.05, 0.1) is 25.5 Å². The normalized spacial score (nSPS) is 10.9. The molecule has 0 atom stereocenters. The first-order chi connectivity index (χ1) is 14.6. The molecule has 154 valence electrons. The molecule has 0 aliphatic carbocycles. The van der Waals surface area contributed by atoms with Gasteiger partial charge in [0, 0.05) is 5.56 Å². The van der Waals surface area contributed by atoms with Crippen LogP contribution in [0.15, 0.2) is 66.3 Å². The maximum absolute atomic E-state index is 12.7. The number of carbonyl (C=O) groups is 1. The van der Waals surface area contributed by atoms with Crippen LogP contribution in [0.25, 0.3) is 10.8 Å². The number of hydrogen-bond donors (Lipinski definition) is 2. The summed E-state index contributed by atoms with van der Waals surface area (Å²) in [4.78, 5) is 12.7. The lowest BCUT2D eigenvalue weighted by molar-refractivity contribution is 0.0952. The van der Waals surface area contributed by atoms with Crippen LogP contribution in [0.2, 0.25) is 0 Å². The van der Waals surface area contributed by atoms with Crippen molar-refractivity contribution in [3.05, 3.63) is 77.9 Å². The van der Waals surface area contributed by atoms with Gasteiger partial charge in [-0.2, -0.15) is 5.10 Å². The van der Waals surface area contributed by atoms with Crippen molar-refractivity contribution in [1.82, 2.24) is 5.43 Å². The molecule has 3 aromatic rings. The highest BCUT2D eigenvalue weighted by Crippen LogP contribution is 2.32. The van der Waals surface area contributed by atoms with E-state index < -0.39 is 0 Å². The Hall–Kier alpha value is -3.80. The van der Waals surface area contributed by atoms with Crippen LogP contribution in [-0.4, -0.2) is 30.9 Å². The van der Waals surface area contributed by atoms with Crippen LogP contribution >= 0.6 is 0 Å². The van der Waals surface area contributed by atoms with Crippen molar-refractivity contribution in [2.24, 2.45) is 5.10 Å². The highest BCUT2D eigenvalue weighted by molar-refractivity contribution is 6.02. The van der Waals surface area contributed by atoms with Crippen molar-refractivity contribution < 1.29 is 19.4 Å². The minimum Gasteiger partial charge on any atom is -0.504 e. The van der Waals surface area contributed by atoms with Gasteiger partial charge in [-0.3, -0.25) is 4.79 Å². The summed E-state index contributed by atoms with van der Waals surface area (Å²) in [6.07, 6.45) is 3.67. The average molecular weight is 404 g/mol. The van der Waals surface area contributed by atoms with Crippen molar-refractivity contribution in [1.29, 1.82) is 0 Å². The van der Waals surface area contributed by atoms with E-state index in [2.05, 4.69) is 17.1 Å². The topological polar surface area (TPSA) is 80.2 Å². The molecule has 0 aromatic heterocycles. The van der Waals surface area contributed by atoms with Gasteiger partial charge >= 0.3 is 0 Å². The molecule has 0 aliphatic rings. The number of hydrazone groups is 1. The molecule has 0 fully saturated rings. The number of nitrogens with zero attached hydrogens (tertiary/aromatic N) is 1. The highest BCUT2D eigenvalue weighted by atomic mass is 16.5. The summed E-state index contributed by atoms with van der Waals surface area (Å²) in [7, 11) is 1.52. The van der Waals surface area contributed by atoms with Gasteiger partial charge in [0.1, 0.15) is 5.75 Å². The van der Waals surface area contributed by atoms with Gasteiger partial charge in [0.25, 0.3) is 5.91 Å². The van der Waals surface area contributed by atoms with Gasteiger partial charge in [0.15, 0.2) is 11.5 Å². The molecule has 1 amide bonds. The molecule has 0 spiro atoms. The molecule has 0 unspecified atom stereocenters. The Kier molecular flexibility index (Phi) is 6.70. The van der Waals surface area contributed by atoms with Crippen molar-refractivity contribution in [3.63, 3.8) is 0 Å². The summed E-state index contributed by atoms with van der Waals surface area (Å²) >= 11 is 0. The summed E-state index contributed by atoms with van der Waals surface area (Å²) < 4.78 is 10.9. The second-order valence-electron chi connectivity index (χ2n) is 6.55. The Morgan fingerprint density at radius 3 is 2.57 bits per heavy atom. The number of allylic oxidation sites excluding steroid dienone is 1. The van der Waals surface area contributed by atoms with Crippen LogP contribution in [-0.2, 0) is 6.42 Å². The summed E-state index contributed by atoms with van der Waals surface area (Å²) in [6, 6.07) is 14.8. The second kappa shape index (κ2) is 9.60.